The lowest BCUT2D eigenvalue weighted by Crippen LogP contribution is -2.21. The fourth-order valence-corrected chi connectivity index (χ4v) is 6.95. The van der Waals surface area contributed by atoms with Gasteiger partial charge in [0.05, 0.1) is 24.6 Å². The fourth-order valence-electron chi connectivity index (χ4n) is 6.95. The third kappa shape index (κ3) is 19.8. The third-order valence-corrected chi connectivity index (χ3v) is 10.4. The molecule has 8 heteroatoms. The SMILES string of the molecule is CCCCCCCCCCCCCCOc1ccc(NC(=O)c2nc(C)c(C(=O)Nc3ccc(OCCCCCCCCCCCCCC)cc3)nc2C)cc1. The minimum absolute atomic E-state index is 0.181. The molecular weight excluding hydrogens is 697 g/mol. The molecule has 3 aromatic rings. The summed E-state index contributed by atoms with van der Waals surface area (Å²) in [4.78, 5) is 35.2. The number of nitrogens with zero attached hydrogens (tertiary/aromatic N) is 2. The topological polar surface area (TPSA) is 102 Å². The van der Waals surface area contributed by atoms with Gasteiger partial charge in [0, 0.05) is 11.4 Å². The average molecular weight is 771 g/mol. The minimum atomic E-state index is -0.380. The predicted molar refractivity (Wildman–Crippen MR) is 233 cm³/mol. The Bertz CT molecular complexity index is 1380. The number of ether oxygens (including phenoxy) is 2. The molecule has 0 saturated carbocycles. The highest BCUT2D eigenvalue weighted by atomic mass is 16.5. The number of rotatable bonds is 32. The number of nitrogens with one attached hydrogen (secondary N) is 2. The quantitative estimate of drug-likeness (QED) is 0.0613. The summed E-state index contributed by atoms with van der Waals surface area (Å²) in [6.45, 7) is 9.29. The van der Waals surface area contributed by atoms with Gasteiger partial charge < -0.3 is 20.1 Å². The van der Waals surface area contributed by atoms with Gasteiger partial charge in [-0.2, -0.15) is 0 Å². The number of aromatic nitrogens is 2. The van der Waals surface area contributed by atoms with Crippen LogP contribution in [0.1, 0.15) is 200 Å². The number of carbonyl (C=O) groups is 2. The van der Waals surface area contributed by atoms with E-state index in [9.17, 15) is 9.59 Å². The van der Waals surface area contributed by atoms with Crippen LogP contribution in [-0.4, -0.2) is 35.0 Å². The minimum Gasteiger partial charge on any atom is -0.494 e. The maximum absolute atomic E-state index is 13.1. The summed E-state index contributed by atoms with van der Waals surface area (Å²) < 4.78 is 11.9. The summed E-state index contributed by atoms with van der Waals surface area (Å²) in [7, 11) is 0. The fraction of sp³-hybridized carbons (Fsp3) is 0.625. The number of benzene rings is 2. The number of hydrogen-bond donors (Lipinski definition) is 2. The molecule has 2 aromatic carbocycles. The van der Waals surface area contributed by atoms with Crippen LogP contribution in [-0.2, 0) is 0 Å². The van der Waals surface area contributed by atoms with Crippen LogP contribution < -0.4 is 20.1 Å². The van der Waals surface area contributed by atoms with Gasteiger partial charge in [0.2, 0.25) is 0 Å². The van der Waals surface area contributed by atoms with E-state index in [0.717, 1.165) is 24.3 Å². The van der Waals surface area contributed by atoms with Gasteiger partial charge in [-0.25, -0.2) is 9.97 Å². The highest BCUT2D eigenvalue weighted by Crippen LogP contribution is 2.21. The normalized spacial score (nSPS) is 11.1. The summed E-state index contributed by atoms with van der Waals surface area (Å²) in [6, 6.07) is 14.8. The van der Waals surface area contributed by atoms with Gasteiger partial charge in [-0.1, -0.05) is 155 Å². The van der Waals surface area contributed by atoms with Crippen LogP contribution in [0.25, 0.3) is 0 Å². The monoisotopic (exact) mass is 771 g/mol. The smallest absolute Gasteiger partial charge is 0.276 e. The van der Waals surface area contributed by atoms with Crippen molar-refractivity contribution in [3.63, 3.8) is 0 Å². The molecule has 2 amide bonds. The van der Waals surface area contributed by atoms with Crippen molar-refractivity contribution < 1.29 is 19.1 Å². The largest absolute Gasteiger partial charge is 0.494 e. The predicted octanol–water partition coefficient (Wildman–Crippen LogP) is 13.8. The summed E-state index contributed by atoms with van der Waals surface area (Å²) >= 11 is 0. The van der Waals surface area contributed by atoms with Crippen molar-refractivity contribution >= 4 is 23.2 Å². The van der Waals surface area contributed by atoms with Crippen molar-refractivity contribution in [3.8, 4) is 11.5 Å². The first kappa shape index (κ1) is 46.4. The second-order valence-electron chi connectivity index (χ2n) is 15.5. The Hall–Kier alpha value is -3.94. The molecule has 0 spiro atoms. The second-order valence-corrected chi connectivity index (χ2v) is 15.5. The Kier molecular flexibility index (Phi) is 24.3. The molecule has 0 bridgehead atoms. The average Bonchev–Trinajstić information content (AvgIpc) is 3.20. The molecule has 0 atom stereocenters. The number of anilines is 2. The summed E-state index contributed by atoms with van der Waals surface area (Å²) in [5.41, 5.74) is 2.39. The summed E-state index contributed by atoms with van der Waals surface area (Å²) in [5, 5.41) is 5.79. The van der Waals surface area contributed by atoms with E-state index in [1.54, 1.807) is 13.8 Å². The van der Waals surface area contributed by atoms with Crippen LogP contribution in [0.2, 0.25) is 0 Å². The van der Waals surface area contributed by atoms with Gasteiger partial charge in [0.1, 0.15) is 22.9 Å². The Balaban J connectivity index is 1.30. The van der Waals surface area contributed by atoms with Gasteiger partial charge in [-0.15, -0.1) is 0 Å². The van der Waals surface area contributed by atoms with Gasteiger partial charge in [-0.05, 0) is 75.2 Å². The number of aryl methyl sites for hydroxylation is 2. The summed E-state index contributed by atoms with van der Waals surface area (Å²) in [6.07, 6.45) is 31.6. The molecule has 1 heterocycles. The van der Waals surface area contributed by atoms with E-state index < -0.39 is 0 Å². The molecule has 3 rings (SSSR count). The first-order chi connectivity index (χ1) is 27.4. The molecule has 8 nitrogen and oxygen atoms in total. The molecule has 2 N–H and O–H groups in total. The lowest BCUT2D eigenvalue weighted by atomic mass is 10.1. The molecule has 310 valence electrons. The van der Waals surface area contributed by atoms with E-state index in [4.69, 9.17) is 9.47 Å². The molecular formula is C48H74N4O4. The second kappa shape index (κ2) is 29.3. The van der Waals surface area contributed by atoms with Crippen LogP contribution in [0.3, 0.4) is 0 Å². The molecule has 0 aliphatic rings. The van der Waals surface area contributed by atoms with E-state index in [1.807, 2.05) is 48.5 Å². The van der Waals surface area contributed by atoms with Crippen molar-refractivity contribution in [1.82, 2.24) is 9.97 Å². The van der Waals surface area contributed by atoms with Crippen LogP contribution in [0.4, 0.5) is 11.4 Å². The first-order valence-corrected chi connectivity index (χ1v) is 22.3. The Labute approximate surface area is 339 Å². The number of amides is 2. The van der Waals surface area contributed by atoms with Crippen LogP contribution >= 0.6 is 0 Å². The van der Waals surface area contributed by atoms with Crippen molar-refractivity contribution in [2.24, 2.45) is 0 Å². The zero-order chi connectivity index (χ0) is 40.1. The maximum Gasteiger partial charge on any atom is 0.276 e. The van der Waals surface area contributed by atoms with E-state index >= 15 is 0 Å². The van der Waals surface area contributed by atoms with Crippen LogP contribution in [0.15, 0.2) is 48.5 Å². The molecule has 0 aliphatic heterocycles. The van der Waals surface area contributed by atoms with Crippen molar-refractivity contribution in [1.29, 1.82) is 0 Å². The molecule has 0 aliphatic carbocycles. The molecule has 56 heavy (non-hydrogen) atoms. The lowest BCUT2D eigenvalue weighted by molar-refractivity contribution is 0.100. The standard InChI is InChI=1S/C48H74N4O4/c1-5-7-9-11-13-15-17-19-21-23-25-27-37-55-43-33-29-41(30-34-43)51-47(53)45-39(3)50-46(40(4)49-45)48(54)52-42-31-35-44(36-32-42)56-38-28-26-24-22-20-18-16-14-12-10-8-6-2/h29-36H,5-28,37-38H2,1-4H3,(H,51,53)(H,52,54). The highest BCUT2D eigenvalue weighted by molar-refractivity contribution is 6.06. The van der Waals surface area contributed by atoms with Gasteiger partial charge in [0.15, 0.2) is 0 Å². The zero-order valence-corrected chi connectivity index (χ0v) is 35.5. The lowest BCUT2D eigenvalue weighted by Gasteiger charge is -2.12. The zero-order valence-electron chi connectivity index (χ0n) is 35.5. The molecule has 1 aromatic heterocycles. The molecule has 0 saturated heterocycles. The maximum atomic E-state index is 13.1. The third-order valence-electron chi connectivity index (χ3n) is 10.4. The number of unbranched alkanes of at least 4 members (excludes halogenated alkanes) is 22. The van der Waals surface area contributed by atoms with E-state index in [0.29, 0.717) is 36.0 Å². The Morgan fingerprint density at radius 3 is 0.982 bits per heavy atom. The van der Waals surface area contributed by atoms with E-state index in [-0.39, 0.29) is 23.2 Å². The van der Waals surface area contributed by atoms with Gasteiger partial charge in [0.25, 0.3) is 11.8 Å². The van der Waals surface area contributed by atoms with E-state index in [1.165, 1.54) is 141 Å². The van der Waals surface area contributed by atoms with E-state index in [2.05, 4.69) is 34.4 Å². The summed E-state index contributed by atoms with van der Waals surface area (Å²) in [5.74, 6) is 0.805. The van der Waals surface area contributed by atoms with Crippen molar-refractivity contribution in [3.05, 3.63) is 71.3 Å². The molecule has 0 radical (unpaired) electrons. The number of hydrogen-bond acceptors (Lipinski definition) is 6. The molecule has 0 fully saturated rings. The van der Waals surface area contributed by atoms with Crippen molar-refractivity contribution in [2.45, 2.75) is 182 Å². The molecule has 0 unspecified atom stereocenters. The Morgan fingerprint density at radius 2 is 0.696 bits per heavy atom. The Morgan fingerprint density at radius 1 is 0.429 bits per heavy atom. The van der Waals surface area contributed by atoms with Crippen LogP contribution in [0.5, 0.6) is 11.5 Å². The van der Waals surface area contributed by atoms with Crippen molar-refractivity contribution in [2.75, 3.05) is 23.8 Å². The van der Waals surface area contributed by atoms with Gasteiger partial charge >= 0.3 is 0 Å². The van der Waals surface area contributed by atoms with Crippen LogP contribution in [0, 0.1) is 13.8 Å². The highest BCUT2D eigenvalue weighted by Gasteiger charge is 2.19. The van der Waals surface area contributed by atoms with Gasteiger partial charge in [-0.3, -0.25) is 9.59 Å². The number of carbonyl (C=O) groups excluding carboxylic acids is 2. The first-order valence-electron chi connectivity index (χ1n) is 22.3.